The fourth-order valence-electron chi connectivity index (χ4n) is 4.81. The molecule has 0 radical (unpaired) electrons. The van der Waals surface area contributed by atoms with Crippen LogP contribution in [0.3, 0.4) is 0 Å². The molecule has 1 aliphatic carbocycles. The SMILES string of the molecule is CCn1cc([C@@H]2C(C(=O)Nc3cc(C)ccn3)=C(C)NC3=C2C(=O)CC(C)(C)C3)c(C)n1. The van der Waals surface area contributed by atoms with Gasteiger partial charge in [-0.05, 0) is 57.2 Å². The van der Waals surface area contributed by atoms with Crippen LogP contribution in [0.5, 0.6) is 0 Å². The summed E-state index contributed by atoms with van der Waals surface area (Å²) < 4.78 is 1.86. The molecule has 2 N–H and O–H groups in total. The molecule has 2 aliphatic rings. The van der Waals surface area contributed by atoms with Crippen molar-refractivity contribution < 1.29 is 9.59 Å². The van der Waals surface area contributed by atoms with Gasteiger partial charge in [0.2, 0.25) is 0 Å². The van der Waals surface area contributed by atoms with Crippen LogP contribution in [0.4, 0.5) is 5.82 Å². The first-order valence-corrected chi connectivity index (χ1v) is 11.1. The molecule has 2 aromatic heterocycles. The van der Waals surface area contributed by atoms with E-state index in [0.717, 1.165) is 41.2 Å². The molecule has 0 spiro atoms. The highest BCUT2D eigenvalue weighted by atomic mass is 16.2. The van der Waals surface area contributed by atoms with Gasteiger partial charge in [0.15, 0.2) is 5.78 Å². The summed E-state index contributed by atoms with van der Waals surface area (Å²) in [5.41, 5.74) is 5.52. The number of dihydropyridines is 1. The lowest BCUT2D eigenvalue weighted by Crippen LogP contribution is -2.39. The van der Waals surface area contributed by atoms with E-state index in [0.29, 0.717) is 23.4 Å². The number of aryl methyl sites for hydroxylation is 3. The standard InChI is InChI=1S/C25H31N5O2/c1-7-30-13-17(15(3)29-30)22-21(24(32)28-20-10-14(2)8-9-26-20)16(4)27-18-11-25(5,6)12-19(31)23(18)22/h8-10,13,22,27H,7,11-12H2,1-6H3,(H,26,28,32)/t22-/m1/s1. The van der Waals surface area contributed by atoms with Gasteiger partial charge in [0, 0.05) is 59.4 Å². The Morgan fingerprint density at radius 1 is 1.28 bits per heavy atom. The second-order valence-electron chi connectivity index (χ2n) is 9.63. The maximum Gasteiger partial charge on any atom is 0.255 e. The molecule has 168 valence electrons. The molecule has 0 aromatic carbocycles. The highest BCUT2D eigenvalue weighted by Crippen LogP contribution is 2.47. The highest BCUT2D eigenvalue weighted by molar-refractivity contribution is 6.09. The Morgan fingerprint density at radius 2 is 2.03 bits per heavy atom. The van der Waals surface area contributed by atoms with E-state index in [1.54, 1.807) is 6.20 Å². The monoisotopic (exact) mass is 433 g/mol. The third-order valence-electron chi connectivity index (χ3n) is 6.26. The number of nitrogens with one attached hydrogen (secondary N) is 2. The minimum atomic E-state index is -0.458. The summed E-state index contributed by atoms with van der Waals surface area (Å²) in [7, 11) is 0. The van der Waals surface area contributed by atoms with Crippen molar-refractivity contribution in [2.45, 2.75) is 66.8 Å². The van der Waals surface area contributed by atoms with E-state index in [2.05, 4.69) is 34.6 Å². The molecule has 0 saturated carbocycles. The quantitative estimate of drug-likeness (QED) is 0.756. The normalized spacial score (nSPS) is 20.2. The first-order valence-electron chi connectivity index (χ1n) is 11.1. The number of anilines is 1. The van der Waals surface area contributed by atoms with Gasteiger partial charge in [-0.3, -0.25) is 14.3 Å². The number of Topliss-reactive ketones (excluding diaryl/α,β-unsaturated/α-hetero) is 1. The van der Waals surface area contributed by atoms with Crippen LogP contribution in [0.25, 0.3) is 0 Å². The van der Waals surface area contributed by atoms with Gasteiger partial charge >= 0.3 is 0 Å². The Labute approximate surface area is 189 Å². The number of rotatable bonds is 4. The summed E-state index contributed by atoms with van der Waals surface area (Å²) in [5, 5.41) is 10.9. The smallest absolute Gasteiger partial charge is 0.255 e. The summed E-state index contributed by atoms with van der Waals surface area (Å²) in [6, 6.07) is 3.71. The third-order valence-corrected chi connectivity index (χ3v) is 6.26. The van der Waals surface area contributed by atoms with Crippen LogP contribution in [-0.2, 0) is 16.1 Å². The molecule has 3 heterocycles. The predicted octanol–water partition coefficient (Wildman–Crippen LogP) is 4.16. The van der Waals surface area contributed by atoms with Crippen molar-refractivity contribution in [3.8, 4) is 0 Å². The molecular weight excluding hydrogens is 402 g/mol. The van der Waals surface area contributed by atoms with Gasteiger partial charge in [0.25, 0.3) is 5.91 Å². The molecule has 7 nitrogen and oxygen atoms in total. The molecule has 0 fully saturated rings. The Bertz CT molecular complexity index is 1170. The van der Waals surface area contributed by atoms with Crippen LogP contribution in [0, 0.1) is 19.3 Å². The lowest BCUT2D eigenvalue weighted by Gasteiger charge is -2.39. The minimum absolute atomic E-state index is 0.0869. The largest absolute Gasteiger partial charge is 0.362 e. The van der Waals surface area contributed by atoms with E-state index in [1.807, 2.05) is 50.7 Å². The number of hydrogen-bond acceptors (Lipinski definition) is 5. The van der Waals surface area contributed by atoms with Crippen LogP contribution < -0.4 is 10.6 Å². The minimum Gasteiger partial charge on any atom is -0.362 e. The maximum absolute atomic E-state index is 13.6. The number of carbonyl (C=O) groups is 2. The van der Waals surface area contributed by atoms with Crippen LogP contribution >= 0.6 is 0 Å². The molecule has 7 heteroatoms. The molecule has 1 aliphatic heterocycles. The summed E-state index contributed by atoms with van der Waals surface area (Å²) >= 11 is 0. The zero-order valence-electron chi connectivity index (χ0n) is 19.7. The first-order chi connectivity index (χ1) is 15.1. The van der Waals surface area contributed by atoms with Crippen molar-refractivity contribution in [1.82, 2.24) is 20.1 Å². The summed E-state index contributed by atoms with van der Waals surface area (Å²) in [5.74, 6) is -0.138. The van der Waals surface area contributed by atoms with Gasteiger partial charge in [-0.15, -0.1) is 0 Å². The number of nitrogens with zero attached hydrogens (tertiary/aromatic N) is 3. The molecule has 0 bridgehead atoms. The number of pyridine rings is 1. The summed E-state index contributed by atoms with van der Waals surface area (Å²) in [6.45, 7) is 12.8. The lowest BCUT2D eigenvalue weighted by atomic mass is 9.68. The van der Waals surface area contributed by atoms with Gasteiger partial charge < -0.3 is 10.6 Å². The van der Waals surface area contributed by atoms with E-state index < -0.39 is 5.92 Å². The highest BCUT2D eigenvalue weighted by Gasteiger charge is 2.43. The van der Waals surface area contributed by atoms with Gasteiger partial charge in [0.05, 0.1) is 5.69 Å². The van der Waals surface area contributed by atoms with Crippen LogP contribution in [0.15, 0.2) is 47.1 Å². The number of aromatic nitrogens is 3. The van der Waals surface area contributed by atoms with Crippen molar-refractivity contribution in [3.05, 3.63) is 63.9 Å². The van der Waals surface area contributed by atoms with Crippen LogP contribution in [0.1, 0.15) is 63.3 Å². The zero-order chi connectivity index (χ0) is 23.2. The molecule has 2 aromatic rings. The number of carbonyl (C=O) groups excluding carboxylic acids is 2. The van der Waals surface area contributed by atoms with Crippen LogP contribution in [0.2, 0.25) is 0 Å². The fraction of sp³-hybridized carbons (Fsp3) is 0.440. The molecule has 0 unspecified atom stereocenters. The number of ketones is 1. The number of amides is 1. The van der Waals surface area contributed by atoms with Gasteiger partial charge in [-0.1, -0.05) is 13.8 Å². The first kappa shape index (κ1) is 22.0. The topological polar surface area (TPSA) is 88.9 Å². The Morgan fingerprint density at radius 3 is 2.69 bits per heavy atom. The summed E-state index contributed by atoms with van der Waals surface area (Å²) in [6.07, 6.45) is 4.86. The second-order valence-corrected chi connectivity index (χ2v) is 9.63. The Hall–Kier alpha value is -3.22. The van der Waals surface area contributed by atoms with E-state index in [-0.39, 0.29) is 17.1 Å². The maximum atomic E-state index is 13.6. The Balaban J connectivity index is 1.83. The zero-order valence-corrected chi connectivity index (χ0v) is 19.7. The molecule has 4 rings (SSSR count). The van der Waals surface area contributed by atoms with Crippen molar-refractivity contribution in [1.29, 1.82) is 0 Å². The van der Waals surface area contributed by atoms with Gasteiger partial charge in [0.1, 0.15) is 5.82 Å². The third kappa shape index (κ3) is 3.99. The molecule has 1 amide bonds. The van der Waals surface area contributed by atoms with Crippen LogP contribution in [-0.4, -0.2) is 26.5 Å². The average Bonchev–Trinajstić information content (AvgIpc) is 3.06. The predicted molar refractivity (Wildman–Crippen MR) is 124 cm³/mol. The van der Waals surface area contributed by atoms with E-state index >= 15 is 0 Å². The van der Waals surface area contributed by atoms with Crippen molar-refractivity contribution >= 4 is 17.5 Å². The number of hydrogen-bond donors (Lipinski definition) is 2. The molecule has 1 atom stereocenters. The molecule has 0 saturated heterocycles. The molecule has 32 heavy (non-hydrogen) atoms. The number of allylic oxidation sites excluding steroid dienone is 3. The van der Waals surface area contributed by atoms with Gasteiger partial charge in [-0.25, -0.2) is 4.98 Å². The Kier molecular flexibility index (Phi) is 5.53. The average molecular weight is 434 g/mol. The van der Waals surface area contributed by atoms with E-state index in [1.165, 1.54) is 0 Å². The van der Waals surface area contributed by atoms with Crippen molar-refractivity contribution in [2.24, 2.45) is 5.41 Å². The molecular formula is C25H31N5O2. The second kappa shape index (κ2) is 8.04. The van der Waals surface area contributed by atoms with Gasteiger partial charge in [-0.2, -0.15) is 5.10 Å². The summed E-state index contributed by atoms with van der Waals surface area (Å²) in [4.78, 5) is 31.2. The van der Waals surface area contributed by atoms with E-state index in [4.69, 9.17) is 0 Å². The van der Waals surface area contributed by atoms with E-state index in [9.17, 15) is 9.59 Å². The lowest BCUT2D eigenvalue weighted by molar-refractivity contribution is -0.118. The van der Waals surface area contributed by atoms with Crippen molar-refractivity contribution in [2.75, 3.05) is 5.32 Å². The fourth-order valence-corrected chi connectivity index (χ4v) is 4.81. The van der Waals surface area contributed by atoms with Crippen molar-refractivity contribution in [3.63, 3.8) is 0 Å².